The molecule has 1 saturated carbocycles. The molecular weight excluding hydrogens is 274 g/mol. The zero-order chi connectivity index (χ0) is 13.9. The summed E-state index contributed by atoms with van der Waals surface area (Å²) in [6.07, 6.45) is 4.65. The van der Waals surface area contributed by atoms with Crippen molar-refractivity contribution in [3.8, 4) is 5.75 Å². The molecule has 0 spiro atoms. The lowest BCUT2D eigenvalue weighted by Crippen LogP contribution is -2.43. The number of hydrogen-bond donors (Lipinski definition) is 0. The summed E-state index contributed by atoms with van der Waals surface area (Å²) in [7, 11) is 0. The van der Waals surface area contributed by atoms with Crippen molar-refractivity contribution in [3.63, 3.8) is 0 Å². The molecule has 1 aliphatic heterocycles. The number of fused-ring (bicyclic) bond motifs is 1. The molecule has 2 aliphatic rings. The number of para-hydroxylation sites is 1. The zero-order valence-corrected chi connectivity index (χ0v) is 12.3. The Hall–Kier alpha value is -1.22. The molecule has 3 rings (SSSR count). The van der Waals surface area contributed by atoms with Crippen LogP contribution in [0.25, 0.3) is 0 Å². The lowest BCUT2D eigenvalue weighted by Gasteiger charge is -2.30. The first kappa shape index (κ1) is 13.7. The van der Waals surface area contributed by atoms with Gasteiger partial charge in [-0.3, -0.25) is 4.79 Å². The smallest absolute Gasteiger partial charge is 0.234 e. The molecule has 1 aromatic carbocycles. The molecule has 0 saturated heterocycles. The number of ether oxygens (including phenoxy) is 1. The number of alkyl halides is 1. The maximum atomic E-state index is 12.9. The molecule has 1 fully saturated rings. The van der Waals surface area contributed by atoms with E-state index in [4.69, 9.17) is 16.3 Å². The van der Waals surface area contributed by atoms with Gasteiger partial charge in [0.25, 0.3) is 0 Å². The fraction of sp³-hybridized carbons (Fsp3) is 0.562. The van der Waals surface area contributed by atoms with Gasteiger partial charge >= 0.3 is 0 Å². The third-order valence-corrected chi connectivity index (χ3v) is 4.54. The van der Waals surface area contributed by atoms with E-state index in [2.05, 4.69) is 0 Å². The first-order valence-corrected chi connectivity index (χ1v) is 7.93. The molecule has 3 nitrogen and oxygen atoms in total. The van der Waals surface area contributed by atoms with Crippen LogP contribution in [0.1, 0.15) is 37.2 Å². The summed E-state index contributed by atoms with van der Waals surface area (Å²) in [4.78, 5) is 14.9. The maximum absolute atomic E-state index is 12.9. The highest BCUT2D eigenvalue weighted by Crippen LogP contribution is 2.36. The molecule has 1 heterocycles. The molecule has 0 aromatic heterocycles. The second kappa shape index (κ2) is 6.04. The van der Waals surface area contributed by atoms with Crippen LogP contribution in [0, 0.1) is 0 Å². The Morgan fingerprint density at radius 3 is 2.80 bits per heavy atom. The average molecular weight is 294 g/mol. The summed E-state index contributed by atoms with van der Waals surface area (Å²) in [6.45, 7) is 1.10. The second-order valence-corrected chi connectivity index (χ2v) is 5.94. The summed E-state index contributed by atoms with van der Waals surface area (Å²) in [5.41, 5.74) is 1.02. The molecule has 1 aromatic rings. The maximum Gasteiger partial charge on any atom is 0.234 e. The van der Waals surface area contributed by atoms with Gasteiger partial charge in [-0.15, -0.1) is 11.6 Å². The van der Waals surface area contributed by atoms with E-state index in [9.17, 15) is 4.79 Å². The topological polar surface area (TPSA) is 29.5 Å². The van der Waals surface area contributed by atoms with Crippen molar-refractivity contribution in [2.45, 2.75) is 37.6 Å². The Kier molecular flexibility index (Phi) is 4.16. The molecule has 1 atom stereocenters. The molecule has 1 aliphatic carbocycles. The first-order valence-electron chi connectivity index (χ1n) is 7.39. The van der Waals surface area contributed by atoms with Crippen LogP contribution in [0.2, 0.25) is 0 Å². The highest BCUT2D eigenvalue weighted by atomic mass is 35.5. The van der Waals surface area contributed by atoms with Gasteiger partial charge in [-0.25, -0.2) is 0 Å². The standard InChI is InChI=1S/C16H20ClNO2/c17-9-10-18(12-5-1-2-6-12)16(19)14-11-20-15-8-4-3-7-13(14)15/h3-4,7-8,12,14H,1-2,5-6,9-11H2. The van der Waals surface area contributed by atoms with Gasteiger partial charge in [-0.2, -0.15) is 0 Å². The summed E-state index contributed by atoms with van der Waals surface area (Å²) in [5, 5.41) is 0. The SMILES string of the molecule is O=C(C1COc2ccccc21)N(CCCl)C1CCCC1. The lowest BCUT2D eigenvalue weighted by molar-refractivity contribution is -0.135. The predicted molar refractivity (Wildman–Crippen MR) is 79.4 cm³/mol. The fourth-order valence-electron chi connectivity index (χ4n) is 3.35. The van der Waals surface area contributed by atoms with Crippen molar-refractivity contribution in [3.05, 3.63) is 29.8 Å². The fourth-order valence-corrected chi connectivity index (χ4v) is 3.53. The van der Waals surface area contributed by atoms with Gasteiger partial charge in [0.15, 0.2) is 0 Å². The molecule has 0 bridgehead atoms. The third-order valence-electron chi connectivity index (χ3n) is 4.37. The van der Waals surface area contributed by atoms with Gasteiger partial charge in [0.05, 0.1) is 0 Å². The quantitative estimate of drug-likeness (QED) is 0.798. The van der Waals surface area contributed by atoms with Crippen LogP contribution < -0.4 is 4.74 Å². The Morgan fingerprint density at radius 2 is 2.05 bits per heavy atom. The Labute approximate surface area is 124 Å². The number of halogens is 1. The van der Waals surface area contributed by atoms with Crippen LogP contribution in [-0.2, 0) is 4.79 Å². The number of carbonyl (C=O) groups is 1. The number of benzene rings is 1. The van der Waals surface area contributed by atoms with Crippen LogP contribution in [0.3, 0.4) is 0 Å². The van der Waals surface area contributed by atoms with Gasteiger partial charge in [0.1, 0.15) is 18.3 Å². The largest absolute Gasteiger partial charge is 0.492 e. The molecule has 108 valence electrons. The molecule has 1 amide bonds. The van der Waals surface area contributed by atoms with Gasteiger partial charge in [0.2, 0.25) is 5.91 Å². The van der Waals surface area contributed by atoms with E-state index < -0.39 is 0 Å². The van der Waals surface area contributed by atoms with Crippen LogP contribution in [-0.4, -0.2) is 35.9 Å². The normalized spacial score (nSPS) is 21.6. The van der Waals surface area contributed by atoms with E-state index in [-0.39, 0.29) is 11.8 Å². The minimum absolute atomic E-state index is 0.157. The number of hydrogen-bond acceptors (Lipinski definition) is 2. The summed E-state index contributed by atoms with van der Waals surface area (Å²) in [5.74, 6) is 1.37. The molecule has 1 unspecified atom stereocenters. The third kappa shape index (κ3) is 2.51. The van der Waals surface area contributed by atoms with Crippen molar-refractivity contribution in [2.24, 2.45) is 0 Å². The monoisotopic (exact) mass is 293 g/mol. The van der Waals surface area contributed by atoms with E-state index in [0.29, 0.717) is 25.1 Å². The summed E-state index contributed by atoms with van der Waals surface area (Å²) in [6, 6.07) is 8.21. The van der Waals surface area contributed by atoms with Crippen LogP contribution in [0.4, 0.5) is 0 Å². The molecule has 0 radical (unpaired) electrons. The van der Waals surface area contributed by atoms with Gasteiger partial charge in [-0.1, -0.05) is 31.0 Å². The average Bonchev–Trinajstić information content (AvgIpc) is 3.13. The zero-order valence-electron chi connectivity index (χ0n) is 11.6. The van der Waals surface area contributed by atoms with Crippen molar-refractivity contribution < 1.29 is 9.53 Å². The van der Waals surface area contributed by atoms with Crippen molar-refractivity contribution in [2.75, 3.05) is 19.0 Å². The highest BCUT2D eigenvalue weighted by Gasteiger charge is 2.36. The number of carbonyl (C=O) groups excluding carboxylic acids is 1. The minimum atomic E-state index is -0.157. The van der Waals surface area contributed by atoms with E-state index in [0.717, 1.165) is 24.2 Å². The van der Waals surface area contributed by atoms with E-state index >= 15 is 0 Å². The van der Waals surface area contributed by atoms with Crippen molar-refractivity contribution in [1.29, 1.82) is 0 Å². The highest BCUT2D eigenvalue weighted by molar-refractivity contribution is 6.18. The summed E-state index contributed by atoms with van der Waals surface area (Å²) < 4.78 is 5.64. The van der Waals surface area contributed by atoms with Gasteiger partial charge in [0, 0.05) is 24.0 Å². The number of rotatable bonds is 4. The first-order chi connectivity index (χ1) is 9.81. The van der Waals surface area contributed by atoms with Crippen molar-refractivity contribution >= 4 is 17.5 Å². The molecule has 4 heteroatoms. The van der Waals surface area contributed by atoms with E-state index in [1.165, 1.54) is 12.8 Å². The van der Waals surface area contributed by atoms with Crippen LogP contribution in [0.5, 0.6) is 5.75 Å². The number of amides is 1. The van der Waals surface area contributed by atoms with Gasteiger partial charge in [-0.05, 0) is 18.9 Å². The second-order valence-electron chi connectivity index (χ2n) is 5.56. The van der Waals surface area contributed by atoms with E-state index in [1.807, 2.05) is 29.2 Å². The van der Waals surface area contributed by atoms with E-state index in [1.54, 1.807) is 0 Å². The molecule has 0 N–H and O–H groups in total. The minimum Gasteiger partial charge on any atom is -0.492 e. The lowest BCUT2D eigenvalue weighted by atomic mass is 9.99. The van der Waals surface area contributed by atoms with Crippen LogP contribution >= 0.6 is 11.6 Å². The Bertz CT molecular complexity index is 485. The molecular formula is C16H20ClNO2. The predicted octanol–water partition coefficient (Wildman–Crippen LogP) is 3.17. The van der Waals surface area contributed by atoms with Gasteiger partial charge < -0.3 is 9.64 Å². The summed E-state index contributed by atoms with van der Waals surface area (Å²) >= 11 is 5.90. The van der Waals surface area contributed by atoms with Crippen molar-refractivity contribution in [1.82, 2.24) is 4.90 Å². The van der Waals surface area contributed by atoms with Crippen LogP contribution in [0.15, 0.2) is 24.3 Å². The Balaban J connectivity index is 1.80. The Morgan fingerprint density at radius 1 is 1.30 bits per heavy atom. The number of nitrogens with zero attached hydrogens (tertiary/aromatic N) is 1. The molecule has 20 heavy (non-hydrogen) atoms.